The highest BCUT2D eigenvalue weighted by Gasteiger charge is 2.12. The number of anilines is 3. The third-order valence-corrected chi connectivity index (χ3v) is 4.38. The average molecular weight is 397 g/mol. The third kappa shape index (κ3) is 4.44. The Labute approximate surface area is 166 Å². The molecule has 3 aromatic rings. The summed E-state index contributed by atoms with van der Waals surface area (Å²) in [5, 5.41) is 6.35. The molecule has 142 valence electrons. The van der Waals surface area contributed by atoms with E-state index in [0.29, 0.717) is 22.0 Å². The van der Waals surface area contributed by atoms with Crippen LogP contribution in [0.5, 0.6) is 0 Å². The maximum atomic E-state index is 12.5. The summed E-state index contributed by atoms with van der Waals surface area (Å²) in [6.07, 6.45) is 1.48. The number of halogens is 1. The number of carbonyl (C=O) groups is 2. The van der Waals surface area contributed by atoms with E-state index in [1.807, 2.05) is 6.92 Å². The molecule has 0 fully saturated rings. The van der Waals surface area contributed by atoms with Gasteiger partial charge in [0.1, 0.15) is 5.69 Å². The van der Waals surface area contributed by atoms with Gasteiger partial charge in [-0.15, -0.1) is 0 Å². The van der Waals surface area contributed by atoms with Crippen LogP contribution in [0.1, 0.15) is 26.4 Å². The monoisotopic (exact) mass is 396 g/mol. The van der Waals surface area contributed by atoms with E-state index >= 15 is 0 Å². The normalized spacial score (nSPS) is 10.2. The Bertz CT molecular complexity index is 1020. The van der Waals surface area contributed by atoms with Crippen molar-refractivity contribution in [3.63, 3.8) is 0 Å². The minimum Gasteiger partial charge on any atom is -0.465 e. The summed E-state index contributed by atoms with van der Waals surface area (Å²) < 4.78 is 4.66. The van der Waals surface area contributed by atoms with Gasteiger partial charge >= 0.3 is 5.97 Å². The van der Waals surface area contributed by atoms with Gasteiger partial charge in [-0.1, -0.05) is 17.7 Å². The van der Waals surface area contributed by atoms with Crippen LogP contribution in [0.4, 0.5) is 17.3 Å². The number of hydrogen-bond donors (Lipinski definition) is 2. The van der Waals surface area contributed by atoms with Crippen LogP contribution in [0.3, 0.4) is 0 Å². The van der Waals surface area contributed by atoms with Crippen molar-refractivity contribution in [2.24, 2.45) is 0 Å². The summed E-state index contributed by atoms with van der Waals surface area (Å²) in [6, 6.07) is 13.4. The predicted molar refractivity (Wildman–Crippen MR) is 107 cm³/mol. The summed E-state index contributed by atoms with van der Waals surface area (Å²) in [5.74, 6) is -0.545. The number of ether oxygens (including phenoxy) is 1. The van der Waals surface area contributed by atoms with Gasteiger partial charge in [0, 0.05) is 22.6 Å². The van der Waals surface area contributed by atoms with Crippen LogP contribution in [0.2, 0.25) is 5.02 Å². The Hall–Kier alpha value is -3.45. The topological polar surface area (TPSA) is 93.2 Å². The van der Waals surface area contributed by atoms with Crippen LogP contribution >= 0.6 is 11.6 Å². The molecule has 0 saturated carbocycles. The van der Waals surface area contributed by atoms with E-state index in [-0.39, 0.29) is 17.5 Å². The lowest BCUT2D eigenvalue weighted by atomic mass is 10.2. The summed E-state index contributed by atoms with van der Waals surface area (Å²) in [4.78, 5) is 32.3. The summed E-state index contributed by atoms with van der Waals surface area (Å²) in [6.45, 7) is 1.82. The minimum absolute atomic E-state index is 0.197. The molecule has 8 heteroatoms. The van der Waals surface area contributed by atoms with Crippen LogP contribution in [-0.2, 0) is 4.74 Å². The van der Waals surface area contributed by atoms with Crippen molar-refractivity contribution in [1.82, 2.24) is 9.97 Å². The smallest absolute Gasteiger partial charge is 0.337 e. The molecule has 2 N–H and O–H groups in total. The van der Waals surface area contributed by atoms with E-state index in [4.69, 9.17) is 11.6 Å². The molecular weight excluding hydrogens is 380 g/mol. The first-order valence-corrected chi connectivity index (χ1v) is 8.70. The van der Waals surface area contributed by atoms with Crippen molar-refractivity contribution in [2.75, 3.05) is 17.7 Å². The molecule has 1 amide bonds. The van der Waals surface area contributed by atoms with Gasteiger partial charge < -0.3 is 15.4 Å². The molecule has 0 unspecified atom stereocenters. The highest BCUT2D eigenvalue weighted by molar-refractivity contribution is 6.31. The van der Waals surface area contributed by atoms with E-state index in [2.05, 4.69) is 25.3 Å². The molecule has 0 aliphatic heterocycles. The average Bonchev–Trinajstić information content (AvgIpc) is 2.71. The Morgan fingerprint density at radius 3 is 2.54 bits per heavy atom. The zero-order chi connectivity index (χ0) is 20.1. The Balaban J connectivity index is 1.74. The molecule has 2 aromatic carbocycles. The number of hydrogen-bond acceptors (Lipinski definition) is 6. The molecule has 3 rings (SSSR count). The predicted octanol–water partition coefficient (Wildman–Crippen LogP) is 4.22. The van der Waals surface area contributed by atoms with Gasteiger partial charge in [-0.25, -0.2) is 14.8 Å². The maximum absolute atomic E-state index is 12.5. The first-order valence-electron chi connectivity index (χ1n) is 8.33. The summed E-state index contributed by atoms with van der Waals surface area (Å²) in [7, 11) is 1.32. The molecule has 28 heavy (non-hydrogen) atoms. The zero-order valence-corrected chi connectivity index (χ0v) is 15.9. The first-order chi connectivity index (χ1) is 13.5. The van der Waals surface area contributed by atoms with E-state index in [1.54, 1.807) is 42.5 Å². The quantitative estimate of drug-likeness (QED) is 0.627. The van der Waals surface area contributed by atoms with Crippen molar-refractivity contribution in [3.8, 4) is 0 Å². The second-order valence-corrected chi connectivity index (χ2v) is 6.23. The lowest BCUT2D eigenvalue weighted by Crippen LogP contribution is -2.15. The van der Waals surface area contributed by atoms with Crippen molar-refractivity contribution < 1.29 is 14.3 Å². The molecule has 1 heterocycles. The van der Waals surface area contributed by atoms with Crippen LogP contribution in [0.25, 0.3) is 0 Å². The highest BCUT2D eigenvalue weighted by Crippen LogP contribution is 2.23. The van der Waals surface area contributed by atoms with Gasteiger partial charge in [0.15, 0.2) is 0 Å². The molecule has 0 aliphatic rings. The molecular formula is C20H17ClN4O3. The van der Waals surface area contributed by atoms with Gasteiger partial charge in [-0.05, 0) is 55.0 Å². The molecule has 0 radical (unpaired) electrons. The van der Waals surface area contributed by atoms with Crippen molar-refractivity contribution in [2.45, 2.75) is 6.92 Å². The van der Waals surface area contributed by atoms with E-state index in [0.717, 1.165) is 5.56 Å². The molecule has 1 aromatic heterocycles. The Morgan fingerprint density at radius 1 is 1.07 bits per heavy atom. The number of carbonyl (C=O) groups excluding carboxylic acids is 2. The minimum atomic E-state index is -0.419. The lowest BCUT2D eigenvalue weighted by Gasteiger charge is -2.10. The number of nitrogens with zero attached hydrogens (tertiary/aromatic N) is 2. The van der Waals surface area contributed by atoms with Crippen LogP contribution in [0, 0.1) is 6.92 Å². The largest absolute Gasteiger partial charge is 0.465 e. The standard InChI is InChI=1S/C20H17ClN4O3/c1-12-15(21)4-3-5-16(12)24-18(26)17-10-11-22-20(25-17)23-14-8-6-13(7-9-14)19(27)28-2/h3-11H,1-2H3,(H,24,26)(H,22,23,25). The fraction of sp³-hybridized carbons (Fsp3) is 0.100. The van der Waals surface area contributed by atoms with Gasteiger partial charge in [-0.3, -0.25) is 4.79 Å². The van der Waals surface area contributed by atoms with E-state index in [1.165, 1.54) is 19.4 Å². The number of esters is 1. The fourth-order valence-corrected chi connectivity index (χ4v) is 2.59. The molecule has 7 nitrogen and oxygen atoms in total. The van der Waals surface area contributed by atoms with Gasteiger partial charge in [0.05, 0.1) is 12.7 Å². The van der Waals surface area contributed by atoms with Crippen LogP contribution in [0.15, 0.2) is 54.7 Å². The zero-order valence-electron chi connectivity index (χ0n) is 15.2. The third-order valence-electron chi connectivity index (χ3n) is 3.97. The van der Waals surface area contributed by atoms with Crippen LogP contribution < -0.4 is 10.6 Å². The Morgan fingerprint density at radius 2 is 1.82 bits per heavy atom. The van der Waals surface area contributed by atoms with Gasteiger partial charge in [0.2, 0.25) is 5.95 Å². The van der Waals surface area contributed by atoms with E-state index < -0.39 is 5.97 Å². The number of benzene rings is 2. The number of aromatic nitrogens is 2. The number of methoxy groups -OCH3 is 1. The number of nitrogens with one attached hydrogen (secondary N) is 2. The van der Waals surface area contributed by atoms with E-state index in [9.17, 15) is 9.59 Å². The molecule has 0 aliphatic carbocycles. The van der Waals surface area contributed by atoms with Crippen molar-refractivity contribution in [3.05, 3.63) is 76.6 Å². The highest BCUT2D eigenvalue weighted by atomic mass is 35.5. The lowest BCUT2D eigenvalue weighted by molar-refractivity contribution is 0.0600. The van der Waals surface area contributed by atoms with Gasteiger partial charge in [0.25, 0.3) is 5.91 Å². The molecule has 0 saturated heterocycles. The van der Waals surface area contributed by atoms with Crippen molar-refractivity contribution in [1.29, 1.82) is 0 Å². The molecule has 0 spiro atoms. The van der Waals surface area contributed by atoms with Crippen molar-refractivity contribution >= 4 is 40.8 Å². The molecule has 0 bridgehead atoms. The fourth-order valence-electron chi connectivity index (χ4n) is 2.41. The van der Waals surface area contributed by atoms with Crippen LogP contribution in [-0.4, -0.2) is 29.0 Å². The summed E-state index contributed by atoms with van der Waals surface area (Å²) >= 11 is 6.08. The Kier molecular flexibility index (Phi) is 5.86. The molecule has 0 atom stereocenters. The second kappa shape index (κ2) is 8.49. The van der Waals surface area contributed by atoms with Gasteiger partial charge in [-0.2, -0.15) is 0 Å². The maximum Gasteiger partial charge on any atom is 0.337 e. The SMILES string of the molecule is COC(=O)c1ccc(Nc2nccc(C(=O)Nc3cccc(Cl)c3C)n2)cc1. The summed E-state index contributed by atoms with van der Waals surface area (Å²) in [5.41, 5.74) is 2.68. The first kappa shape index (κ1) is 19.3. The number of amides is 1. The number of rotatable bonds is 5. The second-order valence-electron chi connectivity index (χ2n) is 5.83.